The largest absolute Gasteiger partial charge is 0.486 e. The Morgan fingerprint density at radius 2 is 2.22 bits per heavy atom. The van der Waals surface area contributed by atoms with Crippen LogP contribution in [0.3, 0.4) is 0 Å². The molecule has 0 saturated heterocycles. The van der Waals surface area contributed by atoms with E-state index in [9.17, 15) is 4.79 Å². The summed E-state index contributed by atoms with van der Waals surface area (Å²) in [7, 11) is 0. The third-order valence-corrected chi connectivity index (χ3v) is 0.779. The molecule has 3 heteroatoms. The van der Waals surface area contributed by atoms with Crippen LogP contribution in [0.2, 0.25) is 0 Å². The molecule has 1 amide bonds. The number of primary amides is 1. The second kappa shape index (κ2) is 3.12. The molecule has 52 valence electrons. The van der Waals surface area contributed by atoms with Crippen LogP contribution < -0.4 is 5.73 Å². The van der Waals surface area contributed by atoms with Crippen LogP contribution in [-0.4, -0.2) is 12.0 Å². The molecule has 0 aromatic heterocycles. The number of amides is 1. The smallest absolute Gasteiger partial charge is 0.258 e. The standard InChI is InChI=1S/C6H11NO2/c1-4(2)9-5(3)6(7)8/h5H,1H2,2-3H3,(H2,7,8)/t5-/m0/s1. The van der Waals surface area contributed by atoms with E-state index in [1.807, 2.05) is 0 Å². The lowest BCUT2D eigenvalue weighted by atomic mass is 10.4. The van der Waals surface area contributed by atoms with Crippen molar-refractivity contribution in [3.63, 3.8) is 0 Å². The first-order valence-electron chi connectivity index (χ1n) is 2.65. The van der Waals surface area contributed by atoms with Crippen LogP contribution in [0.5, 0.6) is 0 Å². The predicted octanol–water partition coefficient (Wildman–Crippen LogP) is 0.410. The molecule has 0 aliphatic carbocycles. The van der Waals surface area contributed by atoms with E-state index in [1.165, 1.54) is 0 Å². The van der Waals surface area contributed by atoms with Gasteiger partial charge in [0, 0.05) is 0 Å². The lowest BCUT2D eigenvalue weighted by Crippen LogP contribution is -2.27. The van der Waals surface area contributed by atoms with Gasteiger partial charge in [0.25, 0.3) is 5.91 Å². The fraction of sp³-hybridized carbons (Fsp3) is 0.500. The van der Waals surface area contributed by atoms with E-state index in [0.717, 1.165) is 0 Å². The predicted molar refractivity (Wildman–Crippen MR) is 34.6 cm³/mol. The van der Waals surface area contributed by atoms with E-state index in [2.05, 4.69) is 6.58 Å². The fourth-order valence-electron chi connectivity index (χ4n) is 0.360. The summed E-state index contributed by atoms with van der Waals surface area (Å²) in [5, 5.41) is 0. The molecule has 0 heterocycles. The Balaban J connectivity index is 3.63. The first-order chi connectivity index (χ1) is 4.04. The van der Waals surface area contributed by atoms with Gasteiger partial charge in [-0.15, -0.1) is 0 Å². The number of hydrogen-bond acceptors (Lipinski definition) is 2. The van der Waals surface area contributed by atoms with Crippen molar-refractivity contribution in [3.05, 3.63) is 12.3 Å². The van der Waals surface area contributed by atoms with Crippen molar-refractivity contribution < 1.29 is 9.53 Å². The number of rotatable bonds is 3. The molecular formula is C6H11NO2. The summed E-state index contributed by atoms with van der Waals surface area (Å²) >= 11 is 0. The van der Waals surface area contributed by atoms with Crippen molar-refractivity contribution in [1.82, 2.24) is 0 Å². The minimum atomic E-state index is -0.567. The van der Waals surface area contributed by atoms with Crippen molar-refractivity contribution in [2.45, 2.75) is 20.0 Å². The molecule has 0 unspecified atom stereocenters. The van der Waals surface area contributed by atoms with Gasteiger partial charge in [-0.05, 0) is 13.8 Å². The molecule has 0 aliphatic rings. The number of carbonyl (C=O) groups excluding carboxylic acids is 1. The first-order valence-corrected chi connectivity index (χ1v) is 2.65. The monoisotopic (exact) mass is 129 g/mol. The fourth-order valence-corrected chi connectivity index (χ4v) is 0.360. The van der Waals surface area contributed by atoms with Gasteiger partial charge in [0.2, 0.25) is 0 Å². The van der Waals surface area contributed by atoms with Crippen LogP contribution >= 0.6 is 0 Å². The van der Waals surface area contributed by atoms with Gasteiger partial charge in [-0.3, -0.25) is 4.79 Å². The minimum Gasteiger partial charge on any atom is -0.486 e. The van der Waals surface area contributed by atoms with Crippen LogP contribution in [0, 0.1) is 0 Å². The van der Waals surface area contributed by atoms with Crippen LogP contribution in [0.4, 0.5) is 0 Å². The molecule has 0 aromatic carbocycles. The Bertz CT molecular complexity index is 131. The van der Waals surface area contributed by atoms with Crippen molar-refractivity contribution >= 4 is 5.91 Å². The number of allylic oxidation sites excluding steroid dienone is 1. The maximum absolute atomic E-state index is 10.3. The van der Waals surface area contributed by atoms with Gasteiger partial charge < -0.3 is 10.5 Å². The van der Waals surface area contributed by atoms with Crippen LogP contribution in [-0.2, 0) is 9.53 Å². The molecule has 0 radical (unpaired) electrons. The van der Waals surface area contributed by atoms with Gasteiger partial charge in [0.15, 0.2) is 6.10 Å². The summed E-state index contributed by atoms with van der Waals surface area (Å²) in [6.07, 6.45) is -0.567. The van der Waals surface area contributed by atoms with Crippen molar-refractivity contribution in [3.8, 4) is 0 Å². The van der Waals surface area contributed by atoms with E-state index in [4.69, 9.17) is 10.5 Å². The van der Waals surface area contributed by atoms with Crippen LogP contribution in [0.15, 0.2) is 12.3 Å². The molecule has 2 N–H and O–H groups in total. The zero-order chi connectivity index (χ0) is 7.44. The second-order valence-corrected chi connectivity index (χ2v) is 1.86. The SMILES string of the molecule is C=C(C)O[C@@H](C)C(N)=O. The highest BCUT2D eigenvalue weighted by atomic mass is 16.5. The van der Waals surface area contributed by atoms with E-state index in [-0.39, 0.29) is 0 Å². The summed E-state index contributed by atoms with van der Waals surface area (Å²) in [6, 6.07) is 0. The molecule has 1 atom stereocenters. The molecular weight excluding hydrogens is 118 g/mol. The molecule has 0 saturated carbocycles. The van der Waals surface area contributed by atoms with E-state index >= 15 is 0 Å². The normalized spacial score (nSPS) is 12.2. The average molecular weight is 129 g/mol. The van der Waals surface area contributed by atoms with E-state index in [1.54, 1.807) is 13.8 Å². The van der Waals surface area contributed by atoms with Gasteiger partial charge in [0.1, 0.15) is 0 Å². The maximum Gasteiger partial charge on any atom is 0.258 e. The molecule has 0 rings (SSSR count). The minimum absolute atomic E-state index is 0.474. The molecule has 9 heavy (non-hydrogen) atoms. The van der Waals surface area contributed by atoms with Gasteiger partial charge in [-0.1, -0.05) is 6.58 Å². The molecule has 0 aliphatic heterocycles. The van der Waals surface area contributed by atoms with Crippen molar-refractivity contribution in [1.29, 1.82) is 0 Å². The third kappa shape index (κ3) is 3.58. The zero-order valence-electron chi connectivity index (χ0n) is 5.68. The molecule has 0 spiro atoms. The lowest BCUT2D eigenvalue weighted by molar-refractivity contribution is -0.126. The van der Waals surface area contributed by atoms with E-state index in [0.29, 0.717) is 5.76 Å². The lowest BCUT2D eigenvalue weighted by Gasteiger charge is -2.08. The summed E-state index contributed by atoms with van der Waals surface area (Å²) in [6.45, 7) is 6.69. The number of nitrogens with two attached hydrogens (primary N) is 1. The van der Waals surface area contributed by atoms with Crippen LogP contribution in [0.1, 0.15) is 13.8 Å². The Morgan fingerprint density at radius 3 is 2.33 bits per heavy atom. The van der Waals surface area contributed by atoms with E-state index < -0.39 is 12.0 Å². The summed E-state index contributed by atoms with van der Waals surface area (Å²) in [5.41, 5.74) is 4.88. The Kier molecular flexibility index (Phi) is 2.78. The molecule has 3 nitrogen and oxygen atoms in total. The van der Waals surface area contributed by atoms with Crippen LogP contribution in [0.25, 0.3) is 0 Å². The molecule has 0 fully saturated rings. The quantitative estimate of drug-likeness (QED) is 0.561. The average Bonchev–Trinajstić information content (AvgIpc) is 1.63. The van der Waals surface area contributed by atoms with Gasteiger partial charge >= 0.3 is 0 Å². The third-order valence-electron chi connectivity index (χ3n) is 0.779. The second-order valence-electron chi connectivity index (χ2n) is 1.86. The topological polar surface area (TPSA) is 52.3 Å². The number of hydrogen-bond donors (Lipinski definition) is 1. The van der Waals surface area contributed by atoms with Crippen molar-refractivity contribution in [2.75, 3.05) is 0 Å². The summed E-state index contributed by atoms with van der Waals surface area (Å²) < 4.78 is 4.84. The molecule has 0 aromatic rings. The Morgan fingerprint density at radius 1 is 1.78 bits per heavy atom. The maximum atomic E-state index is 10.3. The zero-order valence-corrected chi connectivity index (χ0v) is 5.68. The first kappa shape index (κ1) is 8.01. The summed E-state index contributed by atoms with van der Waals surface area (Å²) in [4.78, 5) is 10.3. The number of ether oxygens (including phenoxy) is 1. The highest BCUT2D eigenvalue weighted by Crippen LogP contribution is 1.96. The van der Waals surface area contributed by atoms with Gasteiger partial charge in [-0.2, -0.15) is 0 Å². The Labute approximate surface area is 54.5 Å². The number of carbonyl (C=O) groups is 1. The van der Waals surface area contributed by atoms with Gasteiger partial charge in [-0.25, -0.2) is 0 Å². The molecule has 0 bridgehead atoms. The van der Waals surface area contributed by atoms with Crippen molar-refractivity contribution in [2.24, 2.45) is 5.73 Å². The summed E-state index contributed by atoms with van der Waals surface area (Å²) in [5.74, 6) is 0.0271. The van der Waals surface area contributed by atoms with Gasteiger partial charge in [0.05, 0.1) is 5.76 Å². The highest BCUT2D eigenvalue weighted by Gasteiger charge is 2.07. The highest BCUT2D eigenvalue weighted by molar-refractivity contribution is 5.78. The Hall–Kier alpha value is -0.990.